The van der Waals surface area contributed by atoms with Gasteiger partial charge in [0, 0.05) is 18.8 Å². The highest BCUT2D eigenvalue weighted by atomic mass is 35.5. The average molecular weight is 416 g/mol. The van der Waals surface area contributed by atoms with E-state index in [9.17, 15) is 13.2 Å². The minimum Gasteiger partial charge on any atom is -0.365 e. The predicted octanol–water partition coefficient (Wildman–Crippen LogP) is 3.11. The molecule has 4 rings (SSSR count). The van der Waals surface area contributed by atoms with E-state index in [1.807, 2.05) is 34.9 Å². The standard InChI is InChI=1S/C20H18ClN3O3S/c21-18-17(20(22)25)16-13-23(28(26,27)15-9-5-2-6-10-15)11-12-24(16)19(18)14-7-3-1-4-8-14/h1-10H,11-13H2,(H2,22,25). The molecular weight excluding hydrogens is 398 g/mol. The Kier molecular flexibility index (Phi) is 4.74. The minimum absolute atomic E-state index is 0.0298. The van der Waals surface area contributed by atoms with Crippen molar-refractivity contribution >= 4 is 27.5 Å². The highest BCUT2D eigenvalue weighted by Gasteiger charge is 2.34. The van der Waals surface area contributed by atoms with Gasteiger partial charge in [-0.1, -0.05) is 60.1 Å². The fraction of sp³-hybridized carbons (Fsp3) is 0.150. The van der Waals surface area contributed by atoms with Crippen LogP contribution in [0, 0.1) is 0 Å². The normalized spacial score (nSPS) is 14.6. The van der Waals surface area contributed by atoms with Crippen LogP contribution in [0.1, 0.15) is 16.1 Å². The van der Waals surface area contributed by atoms with E-state index in [2.05, 4.69) is 0 Å². The van der Waals surface area contributed by atoms with Crippen molar-refractivity contribution in [1.82, 2.24) is 8.87 Å². The summed E-state index contributed by atoms with van der Waals surface area (Å²) in [7, 11) is -3.69. The maximum Gasteiger partial charge on any atom is 0.252 e. The molecule has 3 aromatic rings. The van der Waals surface area contributed by atoms with Gasteiger partial charge in [0.05, 0.1) is 27.7 Å². The fourth-order valence-electron chi connectivity index (χ4n) is 3.58. The van der Waals surface area contributed by atoms with Crippen LogP contribution in [0.15, 0.2) is 65.6 Å². The first kappa shape index (κ1) is 18.7. The molecule has 0 spiro atoms. The molecule has 0 unspecified atom stereocenters. The number of aromatic nitrogens is 1. The summed E-state index contributed by atoms with van der Waals surface area (Å²) >= 11 is 6.54. The summed E-state index contributed by atoms with van der Waals surface area (Å²) in [6, 6.07) is 17.7. The molecule has 0 atom stereocenters. The lowest BCUT2D eigenvalue weighted by Gasteiger charge is -2.29. The summed E-state index contributed by atoms with van der Waals surface area (Å²) in [5, 5.41) is 0.257. The maximum absolute atomic E-state index is 13.0. The fourth-order valence-corrected chi connectivity index (χ4v) is 5.40. The summed E-state index contributed by atoms with van der Waals surface area (Å²) in [5.41, 5.74) is 7.81. The highest BCUT2D eigenvalue weighted by Crippen LogP contribution is 2.38. The number of hydrogen-bond donors (Lipinski definition) is 1. The van der Waals surface area contributed by atoms with E-state index in [1.54, 1.807) is 30.3 Å². The Morgan fingerprint density at radius 2 is 1.57 bits per heavy atom. The molecule has 0 aliphatic carbocycles. The Morgan fingerprint density at radius 1 is 0.964 bits per heavy atom. The van der Waals surface area contributed by atoms with E-state index < -0.39 is 15.9 Å². The molecule has 1 aromatic heterocycles. The highest BCUT2D eigenvalue weighted by molar-refractivity contribution is 7.89. The van der Waals surface area contributed by atoms with Gasteiger partial charge in [0.1, 0.15) is 0 Å². The number of primary amides is 1. The zero-order valence-corrected chi connectivity index (χ0v) is 16.4. The quantitative estimate of drug-likeness (QED) is 0.710. The van der Waals surface area contributed by atoms with Crippen LogP contribution in [0.5, 0.6) is 0 Å². The van der Waals surface area contributed by atoms with E-state index in [-0.39, 0.29) is 28.6 Å². The van der Waals surface area contributed by atoms with E-state index in [0.717, 1.165) is 5.56 Å². The molecule has 0 fully saturated rings. The molecule has 28 heavy (non-hydrogen) atoms. The molecule has 0 radical (unpaired) electrons. The Labute approximate surface area is 168 Å². The lowest BCUT2D eigenvalue weighted by Crippen LogP contribution is -2.39. The van der Waals surface area contributed by atoms with Gasteiger partial charge in [0.15, 0.2) is 0 Å². The molecule has 1 aliphatic heterocycles. The van der Waals surface area contributed by atoms with Crippen LogP contribution < -0.4 is 5.73 Å². The van der Waals surface area contributed by atoms with Crippen molar-refractivity contribution in [3.63, 3.8) is 0 Å². The van der Waals surface area contributed by atoms with Gasteiger partial charge in [0.25, 0.3) is 5.91 Å². The van der Waals surface area contributed by atoms with E-state index >= 15 is 0 Å². The lowest BCUT2D eigenvalue weighted by molar-refractivity contribution is 0.0998. The molecule has 8 heteroatoms. The van der Waals surface area contributed by atoms with Gasteiger partial charge in [0.2, 0.25) is 10.0 Å². The summed E-state index contributed by atoms with van der Waals surface area (Å²) in [5.74, 6) is -0.671. The topological polar surface area (TPSA) is 85.4 Å². The zero-order valence-electron chi connectivity index (χ0n) is 14.9. The van der Waals surface area contributed by atoms with Crippen LogP contribution in [0.25, 0.3) is 11.3 Å². The molecule has 0 bridgehead atoms. The molecule has 0 saturated carbocycles. The largest absolute Gasteiger partial charge is 0.365 e. The number of fused-ring (bicyclic) bond motifs is 1. The zero-order chi connectivity index (χ0) is 19.9. The summed E-state index contributed by atoms with van der Waals surface area (Å²) in [6.07, 6.45) is 0. The first-order valence-electron chi connectivity index (χ1n) is 8.72. The Bertz CT molecular complexity index is 1140. The van der Waals surface area contributed by atoms with Crippen molar-refractivity contribution in [3.8, 4) is 11.3 Å². The third kappa shape index (κ3) is 3.01. The second-order valence-electron chi connectivity index (χ2n) is 6.52. The van der Waals surface area contributed by atoms with Crippen molar-refractivity contribution in [2.24, 2.45) is 5.73 Å². The van der Waals surface area contributed by atoms with E-state index in [0.29, 0.717) is 17.9 Å². The van der Waals surface area contributed by atoms with Crippen molar-refractivity contribution in [3.05, 3.63) is 76.9 Å². The van der Waals surface area contributed by atoms with Crippen LogP contribution in [0.2, 0.25) is 5.02 Å². The van der Waals surface area contributed by atoms with Crippen molar-refractivity contribution in [1.29, 1.82) is 0 Å². The average Bonchev–Trinajstić information content (AvgIpc) is 3.00. The van der Waals surface area contributed by atoms with Crippen LogP contribution in [-0.2, 0) is 23.1 Å². The van der Waals surface area contributed by atoms with Gasteiger partial charge in [-0.05, 0) is 17.7 Å². The summed E-state index contributed by atoms with van der Waals surface area (Å²) < 4.78 is 29.3. The molecule has 2 aromatic carbocycles. The molecule has 1 amide bonds. The number of carbonyl (C=O) groups excluding carboxylic acids is 1. The number of halogens is 1. The van der Waals surface area contributed by atoms with Gasteiger partial charge in [-0.25, -0.2) is 8.42 Å². The molecule has 0 saturated heterocycles. The van der Waals surface area contributed by atoms with Gasteiger partial charge in [-0.15, -0.1) is 0 Å². The molecule has 6 nitrogen and oxygen atoms in total. The predicted molar refractivity (Wildman–Crippen MR) is 107 cm³/mol. The Morgan fingerprint density at radius 3 is 2.18 bits per heavy atom. The van der Waals surface area contributed by atoms with Gasteiger partial charge in [-0.3, -0.25) is 4.79 Å². The smallest absolute Gasteiger partial charge is 0.252 e. The third-order valence-electron chi connectivity index (χ3n) is 4.89. The number of sulfonamides is 1. The maximum atomic E-state index is 13.0. The second kappa shape index (κ2) is 7.09. The van der Waals surface area contributed by atoms with Gasteiger partial charge >= 0.3 is 0 Å². The minimum atomic E-state index is -3.69. The van der Waals surface area contributed by atoms with E-state index in [4.69, 9.17) is 17.3 Å². The number of nitrogens with two attached hydrogens (primary N) is 1. The molecule has 144 valence electrons. The first-order valence-corrected chi connectivity index (χ1v) is 10.5. The number of amides is 1. The molecule has 2 heterocycles. The summed E-state index contributed by atoms with van der Waals surface area (Å²) in [4.78, 5) is 12.3. The molecule has 2 N–H and O–H groups in total. The number of hydrogen-bond acceptors (Lipinski definition) is 3. The van der Waals surface area contributed by atoms with Crippen LogP contribution >= 0.6 is 11.6 Å². The monoisotopic (exact) mass is 415 g/mol. The number of nitrogens with zero attached hydrogens (tertiary/aromatic N) is 2. The van der Waals surface area contributed by atoms with E-state index in [1.165, 1.54) is 4.31 Å². The number of rotatable bonds is 4. The number of benzene rings is 2. The number of carbonyl (C=O) groups is 1. The van der Waals surface area contributed by atoms with Crippen LogP contribution in [0.3, 0.4) is 0 Å². The SMILES string of the molecule is NC(=O)c1c(Cl)c(-c2ccccc2)n2c1CN(S(=O)(=O)c1ccccc1)CC2. The van der Waals surface area contributed by atoms with Crippen molar-refractivity contribution in [2.75, 3.05) is 6.54 Å². The van der Waals surface area contributed by atoms with Crippen LogP contribution in [-0.4, -0.2) is 29.7 Å². The second-order valence-corrected chi connectivity index (χ2v) is 8.83. The first-order chi connectivity index (χ1) is 13.4. The molecule has 1 aliphatic rings. The van der Waals surface area contributed by atoms with Crippen molar-refractivity contribution < 1.29 is 13.2 Å². The van der Waals surface area contributed by atoms with Crippen LogP contribution in [0.4, 0.5) is 0 Å². The molecular formula is C20H18ClN3O3S. The van der Waals surface area contributed by atoms with Gasteiger partial charge < -0.3 is 10.3 Å². The Balaban J connectivity index is 1.82. The van der Waals surface area contributed by atoms with Gasteiger partial charge in [-0.2, -0.15) is 4.31 Å². The lowest BCUT2D eigenvalue weighted by atomic mass is 10.1. The summed E-state index contributed by atoms with van der Waals surface area (Å²) in [6.45, 7) is 0.675. The third-order valence-corrected chi connectivity index (χ3v) is 7.11. The Hall–Kier alpha value is -2.61. The van der Waals surface area contributed by atoms with Crippen molar-refractivity contribution in [2.45, 2.75) is 18.0 Å².